The standard InChI is InChI=1S/C16H21N7O/c1-16(2,3)23-15-11(9-20-23)14(18-10-19-15)22(4)8-6-12-17-7-5-13(24)21-12/h5,7,9-10H,6,8H2,1-4H3,(H,17,21,24). The average molecular weight is 327 g/mol. The number of H-pyrrole nitrogens is 1. The van der Waals surface area contributed by atoms with Gasteiger partial charge in [0.1, 0.15) is 18.0 Å². The van der Waals surface area contributed by atoms with E-state index in [1.54, 1.807) is 12.5 Å². The van der Waals surface area contributed by atoms with Gasteiger partial charge >= 0.3 is 0 Å². The molecular weight excluding hydrogens is 306 g/mol. The van der Waals surface area contributed by atoms with Gasteiger partial charge in [0, 0.05) is 32.3 Å². The van der Waals surface area contributed by atoms with E-state index in [9.17, 15) is 4.79 Å². The van der Waals surface area contributed by atoms with Crippen LogP contribution in [0.2, 0.25) is 0 Å². The number of hydrogen-bond donors (Lipinski definition) is 1. The maximum absolute atomic E-state index is 11.3. The Hall–Kier alpha value is -2.77. The quantitative estimate of drug-likeness (QED) is 0.777. The minimum Gasteiger partial charge on any atom is -0.359 e. The van der Waals surface area contributed by atoms with Crippen LogP contribution < -0.4 is 10.5 Å². The Morgan fingerprint density at radius 3 is 2.75 bits per heavy atom. The summed E-state index contributed by atoms with van der Waals surface area (Å²) in [6.07, 6.45) is 5.49. The molecule has 0 aromatic carbocycles. The molecule has 0 aliphatic carbocycles. The number of fused-ring (bicyclic) bond motifs is 1. The molecule has 0 bridgehead atoms. The number of hydrogen-bond acceptors (Lipinski definition) is 6. The highest BCUT2D eigenvalue weighted by atomic mass is 16.1. The lowest BCUT2D eigenvalue weighted by molar-refractivity contribution is 0.366. The normalized spacial score (nSPS) is 11.8. The van der Waals surface area contributed by atoms with Crippen LogP contribution in [0.25, 0.3) is 11.0 Å². The van der Waals surface area contributed by atoms with Gasteiger partial charge in [0.15, 0.2) is 5.65 Å². The van der Waals surface area contributed by atoms with Gasteiger partial charge in [-0.25, -0.2) is 19.6 Å². The van der Waals surface area contributed by atoms with Crippen molar-refractivity contribution in [3.8, 4) is 0 Å². The van der Waals surface area contributed by atoms with Crippen molar-refractivity contribution >= 4 is 16.9 Å². The Bertz CT molecular complexity index is 906. The summed E-state index contributed by atoms with van der Waals surface area (Å²) < 4.78 is 1.90. The van der Waals surface area contributed by atoms with Gasteiger partial charge in [0.2, 0.25) is 0 Å². The molecule has 0 aliphatic rings. The SMILES string of the molecule is CN(CCc1nccc(=O)[nH]1)c1ncnc2c1cnn2C(C)(C)C. The molecule has 0 aliphatic heterocycles. The van der Waals surface area contributed by atoms with E-state index < -0.39 is 0 Å². The Morgan fingerprint density at radius 2 is 2.04 bits per heavy atom. The van der Waals surface area contributed by atoms with Crippen LogP contribution in [-0.4, -0.2) is 43.3 Å². The highest BCUT2D eigenvalue weighted by Crippen LogP contribution is 2.25. The molecule has 1 N–H and O–H groups in total. The molecule has 8 nitrogen and oxygen atoms in total. The first-order valence-electron chi connectivity index (χ1n) is 7.81. The predicted molar refractivity (Wildman–Crippen MR) is 92.2 cm³/mol. The number of aromatic amines is 1. The molecule has 3 aromatic rings. The predicted octanol–water partition coefficient (Wildman–Crippen LogP) is 1.34. The van der Waals surface area contributed by atoms with E-state index in [1.165, 1.54) is 12.3 Å². The lowest BCUT2D eigenvalue weighted by Gasteiger charge is -2.21. The third-order valence-electron chi connectivity index (χ3n) is 3.75. The number of aromatic nitrogens is 6. The molecular formula is C16H21N7O. The summed E-state index contributed by atoms with van der Waals surface area (Å²) in [5.74, 6) is 1.47. The van der Waals surface area contributed by atoms with Crippen LogP contribution in [0, 0.1) is 0 Å². The second-order valence-electron chi connectivity index (χ2n) is 6.71. The molecule has 0 amide bonds. The monoisotopic (exact) mass is 327 g/mol. The average Bonchev–Trinajstić information content (AvgIpc) is 2.96. The molecule has 0 atom stereocenters. The van der Waals surface area contributed by atoms with Crippen molar-refractivity contribution in [1.82, 2.24) is 29.7 Å². The first-order chi connectivity index (χ1) is 11.4. The van der Waals surface area contributed by atoms with Crippen LogP contribution in [0.1, 0.15) is 26.6 Å². The molecule has 0 spiro atoms. The molecule has 0 saturated carbocycles. The van der Waals surface area contributed by atoms with E-state index in [0.29, 0.717) is 18.8 Å². The molecule has 3 aromatic heterocycles. The highest BCUT2D eigenvalue weighted by Gasteiger charge is 2.20. The third-order valence-corrected chi connectivity index (χ3v) is 3.75. The van der Waals surface area contributed by atoms with Gasteiger partial charge in [-0.15, -0.1) is 0 Å². The van der Waals surface area contributed by atoms with Gasteiger partial charge in [-0.2, -0.15) is 5.10 Å². The van der Waals surface area contributed by atoms with Crippen LogP contribution in [0.5, 0.6) is 0 Å². The first kappa shape index (κ1) is 16.1. The summed E-state index contributed by atoms with van der Waals surface area (Å²) in [5, 5.41) is 5.37. The molecule has 3 heterocycles. The molecule has 8 heteroatoms. The van der Waals surface area contributed by atoms with Crippen LogP contribution in [0.3, 0.4) is 0 Å². The van der Waals surface area contributed by atoms with Gasteiger partial charge in [0.25, 0.3) is 5.56 Å². The van der Waals surface area contributed by atoms with Crippen molar-refractivity contribution < 1.29 is 0 Å². The molecule has 3 rings (SSSR count). The Labute approximate surface area is 139 Å². The lowest BCUT2D eigenvalue weighted by atomic mass is 10.1. The van der Waals surface area contributed by atoms with Crippen LogP contribution in [-0.2, 0) is 12.0 Å². The number of likely N-dealkylation sites (N-methyl/N-ethyl adjacent to an activating group) is 1. The fraction of sp³-hybridized carbons (Fsp3) is 0.438. The summed E-state index contributed by atoms with van der Waals surface area (Å²) in [4.78, 5) is 29.0. The van der Waals surface area contributed by atoms with E-state index >= 15 is 0 Å². The van der Waals surface area contributed by atoms with Crippen molar-refractivity contribution in [3.05, 3.63) is 41.0 Å². The number of nitrogens with zero attached hydrogens (tertiary/aromatic N) is 6. The summed E-state index contributed by atoms with van der Waals surface area (Å²) in [6, 6.07) is 1.40. The third kappa shape index (κ3) is 3.12. The largest absolute Gasteiger partial charge is 0.359 e. The van der Waals surface area contributed by atoms with E-state index in [2.05, 4.69) is 45.8 Å². The van der Waals surface area contributed by atoms with Crippen molar-refractivity contribution in [2.24, 2.45) is 0 Å². The Balaban J connectivity index is 1.86. The Kier molecular flexibility index (Phi) is 4.04. The second-order valence-corrected chi connectivity index (χ2v) is 6.71. The molecule has 126 valence electrons. The van der Waals surface area contributed by atoms with Gasteiger partial charge < -0.3 is 9.88 Å². The fourth-order valence-electron chi connectivity index (χ4n) is 2.54. The minimum absolute atomic E-state index is 0.140. The summed E-state index contributed by atoms with van der Waals surface area (Å²) in [5.41, 5.74) is 0.517. The van der Waals surface area contributed by atoms with Gasteiger partial charge in [-0.05, 0) is 20.8 Å². The summed E-state index contributed by atoms with van der Waals surface area (Å²) in [7, 11) is 1.96. The zero-order valence-corrected chi connectivity index (χ0v) is 14.3. The topological polar surface area (TPSA) is 92.6 Å². The maximum Gasteiger partial charge on any atom is 0.250 e. The minimum atomic E-state index is -0.153. The fourth-order valence-corrected chi connectivity index (χ4v) is 2.54. The summed E-state index contributed by atoms with van der Waals surface area (Å²) >= 11 is 0. The van der Waals surface area contributed by atoms with E-state index in [4.69, 9.17) is 0 Å². The maximum atomic E-state index is 11.3. The second kappa shape index (κ2) is 6.03. The molecule has 0 radical (unpaired) electrons. The highest BCUT2D eigenvalue weighted by molar-refractivity contribution is 5.86. The molecule has 0 fully saturated rings. The van der Waals surface area contributed by atoms with Crippen molar-refractivity contribution in [1.29, 1.82) is 0 Å². The number of rotatable bonds is 4. The van der Waals surface area contributed by atoms with Crippen LogP contribution in [0.15, 0.2) is 29.6 Å². The molecule has 0 saturated heterocycles. The van der Waals surface area contributed by atoms with Crippen molar-refractivity contribution in [2.45, 2.75) is 32.7 Å². The number of nitrogens with one attached hydrogen (secondary N) is 1. The smallest absolute Gasteiger partial charge is 0.250 e. The first-order valence-corrected chi connectivity index (χ1v) is 7.81. The zero-order valence-electron chi connectivity index (χ0n) is 14.3. The zero-order chi connectivity index (χ0) is 17.3. The van der Waals surface area contributed by atoms with Gasteiger partial charge in [-0.1, -0.05) is 0 Å². The molecule has 0 unspecified atom stereocenters. The lowest BCUT2D eigenvalue weighted by Crippen LogP contribution is -2.24. The van der Waals surface area contributed by atoms with E-state index in [1.807, 2.05) is 16.6 Å². The van der Waals surface area contributed by atoms with E-state index in [0.717, 1.165) is 16.9 Å². The number of anilines is 1. The molecule has 24 heavy (non-hydrogen) atoms. The van der Waals surface area contributed by atoms with Gasteiger partial charge in [0.05, 0.1) is 17.1 Å². The summed E-state index contributed by atoms with van der Waals surface area (Å²) in [6.45, 7) is 6.92. The Morgan fingerprint density at radius 1 is 1.25 bits per heavy atom. The van der Waals surface area contributed by atoms with Crippen molar-refractivity contribution in [2.75, 3.05) is 18.5 Å². The van der Waals surface area contributed by atoms with Gasteiger partial charge in [-0.3, -0.25) is 4.79 Å². The van der Waals surface area contributed by atoms with E-state index in [-0.39, 0.29) is 11.1 Å². The van der Waals surface area contributed by atoms with Crippen LogP contribution >= 0.6 is 0 Å². The van der Waals surface area contributed by atoms with Crippen molar-refractivity contribution in [3.63, 3.8) is 0 Å². The van der Waals surface area contributed by atoms with Crippen LogP contribution in [0.4, 0.5) is 5.82 Å².